The van der Waals surface area contributed by atoms with Crippen LogP contribution in [0.25, 0.3) is 0 Å². The predicted octanol–water partition coefficient (Wildman–Crippen LogP) is 3.57. The van der Waals surface area contributed by atoms with Gasteiger partial charge >= 0.3 is 0 Å². The first kappa shape index (κ1) is 14.5. The molecule has 0 fully saturated rings. The van der Waals surface area contributed by atoms with Gasteiger partial charge in [0.1, 0.15) is 5.76 Å². The van der Waals surface area contributed by atoms with Crippen LogP contribution in [0.2, 0.25) is 0 Å². The Morgan fingerprint density at radius 1 is 1.35 bits per heavy atom. The van der Waals surface area contributed by atoms with Crippen molar-refractivity contribution < 1.29 is 9.21 Å². The van der Waals surface area contributed by atoms with Gasteiger partial charge in [0, 0.05) is 13.0 Å². The van der Waals surface area contributed by atoms with Gasteiger partial charge in [0.2, 0.25) is 0 Å². The number of hydrogen-bond acceptors (Lipinski definition) is 2. The lowest BCUT2D eigenvalue weighted by atomic mass is 10.2. The summed E-state index contributed by atoms with van der Waals surface area (Å²) in [4.78, 5) is 11.8. The van der Waals surface area contributed by atoms with E-state index in [0.29, 0.717) is 5.56 Å². The first-order valence-corrected chi connectivity index (χ1v) is 7.72. The molecule has 0 aliphatic rings. The Balaban J connectivity index is 2.21. The van der Waals surface area contributed by atoms with Crippen LogP contribution < -0.4 is 5.32 Å². The fourth-order valence-corrected chi connectivity index (χ4v) is 2.23. The molecule has 0 aromatic carbocycles. The van der Waals surface area contributed by atoms with Crippen molar-refractivity contribution in [3.05, 3.63) is 23.7 Å². The third kappa shape index (κ3) is 5.10. The summed E-state index contributed by atoms with van der Waals surface area (Å²) in [6.07, 6.45) is 7.11. The number of carbonyl (C=O) groups excluding carboxylic acids is 1. The largest absolute Gasteiger partial charge is 0.469 e. The lowest BCUT2D eigenvalue weighted by Crippen LogP contribution is -2.24. The van der Waals surface area contributed by atoms with Gasteiger partial charge in [-0.3, -0.25) is 4.79 Å². The highest BCUT2D eigenvalue weighted by Gasteiger charge is 2.11. The third-order valence-corrected chi connectivity index (χ3v) is 3.42. The van der Waals surface area contributed by atoms with Gasteiger partial charge in [-0.1, -0.05) is 42.4 Å². The molecule has 0 aliphatic heterocycles. The molecule has 0 radical (unpaired) electrons. The minimum atomic E-state index is -0.00973. The summed E-state index contributed by atoms with van der Waals surface area (Å²) in [7, 11) is 0. The van der Waals surface area contributed by atoms with Crippen molar-refractivity contribution in [2.45, 2.75) is 39.0 Å². The van der Waals surface area contributed by atoms with Crippen molar-refractivity contribution in [1.29, 1.82) is 0 Å². The molecule has 1 amide bonds. The number of amides is 1. The van der Waals surface area contributed by atoms with Crippen LogP contribution in [-0.2, 0) is 6.42 Å². The topological polar surface area (TPSA) is 42.2 Å². The summed E-state index contributed by atoms with van der Waals surface area (Å²) < 4.78 is 6.45. The van der Waals surface area contributed by atoms with E-state index in [-0.39, 0.29) is 5.91 Å². The zero-order chi connectivity index (χ0) is 12.5. The molecule has 0 saturated carbocycles. The summed E-state index contributed by atoms with van der Waals surface area (Å²) in [5.74, 6) is 0.761. The second kappa shape index (κ2) is 8.55. The van der Waals surface area contributed by atoms with E-state index in [0.717, 1.165) is 25.1 Å². The molecule has 96 valence electrons. The van der Waals surface area contributed by atoms with Crippen LogP contribution in [0.15, 0.2) is 16.7 Å². The Labute approximate surface area is 116 Å². The summed E-state index contributed by atoms with van der Waals surface area (Å²) in [5.41, 5.74) is 0.680. The Bertz CT molecular complexity index is 336. The first-order valence-electron chi connectivity index (χ1n) is 6.20. The lowest BCUT2D eigenvalue weighted by molar-refractivity contribution is 0.0951. The minimum Gasteiger partial charge on any atom is -0.469 e. The van der Waals surface area contributed by atoms with E-state index in [1.165, 1.54) is 23.7 Å². The maximum atomic E-state index is 11.8. The van der Waals surface area contributed by atoms with Crippen LogP contribution in [0, 0.1) is 0 Å². The van der Waals surface area contributed by atoms with Gasteiger partial charge < -0.3 is 9.73 Å². The smallest absolute Gasteiger partial charge is 0.254 e. The van der Waals surface area contributed by atoms with Gasteiger partial charge in [-0.2, -0.15) is 0 Å². The van der Waals surface area contributed by atoms with E-state index < -0.39 is 0 Å². The average Bonchev–Trinajstić information content (AvgIpc) is 2.81. The van der Waals surface area contributed by atoms with Crippen molar-refractivity contribution in [3.8, 4) is 0 Å². The van der Waals surface area contributed by atoms with E-state index in [2.05, 4.69) is 27.9 Å². The Kier molecular flexibility index (Phi) is 7.32. The highest BCUT2D eigenvalue weighted by atomic mass is 127. The summed E-state index contributed by atoms with van der Waals surface area (Å²) in [6.45, 7) is 2.74. The SMILES string of the molecule is CCc1occc1C(=O)NCCCCCCI. The van der Waals surface area contributed by atoms with Gasteiger partial charge in [-0.05, 0) is 23.3 Å². The molecule has 1 aromatic rings. The summed E-state index contributed by atoms with van der Waals surface area (Å²) in [5, 5.41) is 2.94. The average molecular weight is 349 g/mol. The molecule has 1 heterocycles. The van der Waals surface area contributed by atoms with Crippen LogP contribution in [0.5, 0.6) is 0 Å². The van der Waals surface area contributed by atoms with Crippen molar-refractivity contribution in [2.24, 2.45) is 0 Å². The second-order valence-electron chi connectivity index (χ2n) is 3.97. The van der Waals surface area contributed by atoms with Crippen LogP contribution in [0.4, 0.5) is 0 Å². The first-order chi connectivity index (χ1) is 8.29. The molecule has 0 unspecified atom stereocenters. The number of aryl methyl sites for hydroxylation is 1. The van der Waals surface area contributed by atoms with Gasteiger partial charge in [-0.15, -0.1) is 0 Å². The molecule has 3 nitrogen and oxygen atoms in total. The summed E-state index contributed by atoms with van der Waals surface area (Å²) >= 11 is 2.39. The van der Waals surface area contributed by atoms with Gasteiger partial charge in [0.15, 0.2) is 0 Å². The third-order valence-electron chi connectivity index (χ3n) is 2.66. The maximum Gasteiger partial charge on any atom is 0.254 e. The quantitative estimate of drug-likeness (QED) is 0.443. The van der Waals surface area contributed by atoms with Gasteiger partial charge in [-0.25, -0.2) is 0 Å². The lowest BCUT2D eigenvalue weighted by Gasteiger charge is -2.04. The van der Waals surface area contributed by atoms with E-state index in [9.17, 15) is 4.79 Å². The number of halogens is 1. The molecule has 17 heavy (non-hydrogen) atoms. The standard InChI is InChI=1S/C13H20INO2/c1-2-12-11(7-10-17-12)13(16)15-9-6-4-3-5-8-14/h7,10H,2-6,8-9H2,1H3,(H,15,16). The zero-order valence-corrected chi connectivity index (χ0v) is 12.5. The monoisotopic (exact) mass is 349 g/mol. The van der Waals surface area contributed by atoms with Crippen molar-refractivity contribution in [1.82, 2.24) is 5.32 Å². The van der Waals surface area contributed by atoms with Crippen molar-refractivity contribution >= 4 is 28.5 Å². The fourth-order valence-electron chi connectivity index (χ4n) is 1.69. The van der Waals surface area contributed by atoms with Crippen LogP contribution in [0.1, 0.15) is 48.7 Å². The van der Waals surface area contributed by atoms with Gasteiger partial charge in [0.25, 0.3) is 5.91 Å². The van der Waals surface area contributed by atoms with Gasteiger partial charge in [0.05, 0.1) is 11.8 Å². The Morgan fingerprint density at radius 2 is 2.12 bits per heavy atom. The number of unbranched alkanes of at least 4 members (excludes halogenated alkanes) is 3. The molecule has 1 aromatic heterocycles. The normalized spacial score (nSPS) is 10.5. The molecule has 0 aliphatic carbocycles. The molecule has 1 rings (SSSR count). The molecule has 4 heteroatoms. The molecule has 1 N–H and O–H groups in total. The zero-order valence-electron chi connectivity index (χ0n) is 10.3. The molecule has 0 bridgehead atoms. The Morgan fingerprint density at radius 3 is 2.82 bits per heavy atom. The summed E-state index contributed by atoms with van der Waals surface area (Å²) in [6, 6.07) is 1.74. The number of rotatable bonds is 8. The minimum absolute atomic E-state index is 0.00973. The van der Waals surface area contributed by atoms with Crippen LogP contribution in [0.3, 0.4) is 0 Å². The predicted molar refractivity (Wildman–Crippen MR) is 77.8 cm³/mol. The van der Waals surface area contributed by atoms with Crippen molar-refractivity contribution in [3.63, 3.8) is 0 Å². The van der Waals surface area contributed by atoms with Crippen LogP contribution >= 0.6 is 22.6 Å². The number of carbonyl (C=O) groups is 1. The highest BCUT2D eigenvalue weighted by Crippen LogP contribution is 2.10. The molecule has 0 saturated heterocycles. The van der Waals surface area contributed by atoms with Crippen LogP contribution in [-0.4, -0.2) is 16.9 Å². The van der Waals surface area contributed by atoms with Crippen molar-refractivity contribution in [2.75, 3.05) is 11.0 Å². The molecule has 0 atom stereocenters. The Hall–Kier alpha value is -0.520. The second-order valence-corrected chi connectivity index (χ2v) is 5.05. The number of alkyl halides is 1. The van der Waals surface area contributed by atoms with E-state index in [1.807, 2.05) is 6.92 Å². The fraction of sp³-hybridized carbons (Fsp3) is 0.615. The van der Waals surface area contributed by atoms with E-state index >= 15 is 0 Å². The maximum absolute atomic E-state index is 11.8. The van der Waals surface area contributed by atoms with E-state index in [1.54, 1.807) is 12.3 Å². The van der Waals surface area contributed by atoms with E-state index in [4.69, 9.17) is 4.42 Å². The number of hydrogen-bond donors (Lipinski definition) is 1. The number of furan rings is 1. The number of nitrogens with one attached hydrogen (secondary N) is 1. The molecular weight excluding hydrogens is 329 g/mol. The molecule has 0 spiro atoms. The molecular formula is C13H20INO2. The highest BCUT2D eigenvalue weighted by molar-refractivity contribution is 14.1.